The lowest BCUT2D eigenvalue weighted by Crippen LogP contribution is -2.52. The van der Waals surface area contributed by atoms with Crippen molar-refractivity contribution in [3.8, 4) is 11.1 Å². The number of carbonyl (C=O) groups is 3. The van der Waals surface area contributed by atoms with Crippen molar-refractivity contribution in [3.63, 3.8) is 0 Å². The summed E-state index contributed by atoms with van der Waals surface area (Å²) >= 11 is 0. The molecule has 2 N–H and O–H groups in total. The van der Waals surface area contributed by atoms with Gasteiger partial charge in [0.25, 0.3) is 0 Å². The average molecular weight is 465 g/mol. The fourth-order valence-electron chi connectivity index (χ4n) is 5.09. The lowest BCUT2D eigenvalue weighted by atomic mass is 9.88. The number of benzene rings is 2. The quantitative estimate of drug-likeness (QED) is 0.633. The molecule has 2 aliphatic rings. The van der Waals surface area contributed by atoms with Crippen molar-refractivity contribution in [1.82, 2.24) is 10.2 Å². The Bertz CT molecular complexity index is 1030. The van der Waals surface area contributed by atoms with E-state index in [9.17, 15) is 19.5 Å². The van der Waals surface area contributed by atoms with Gasteiger partial charge in [0.15, 0.2) is 0 Å². The highest BCUT2D eigenvalue weighted by Crippen LogP contribution is 2.44. The van der Waals surface area contributed by atoms with Gasteiger partial charge in [-0.2, -0.15) is 0 Å². The van der Waals surface area contributed by atoms with Crippen LogP contribution in [0.4, 0.5) is 4.79 Å². The Labute approximate surface area is 200 Å². The summed E-state index contributed by atoms with van der Waals surface area (Å²) in [5, 5.41) is 11.9. The normalized spacial score (nSPS) is 17.6. The number of nitrogens with zero attached hydrogens (tertiary/aromatic N) is 1. The summed E-state index contributed by atoms with van der Waals surface area (Å²) in [6.07, 6.45) is 1.84. The van der Waals surface area contributed by atoms with Crippen LogP contribution in [0, 0.1) is 5.41 Å². The number of carbonyl (C=O) groups excluding carboxylic acids is 2. The van der Waals surface area contributed by atoms with E-state index in [1.807, 2.05) is 24.3 Å². The Kier molecular flexibility index (Phi) is 6.91. The Balaban J connectivity index is 1.35. The summed E-state index contributed by atoms with van der Waals surface area (Å²) in [4.78, 5) is 38.7. The van der Waals surface area contributed by atoms with Gasteiger partial charge in [0.2, 0.25) is 5.91 Å². The topological polar surface area (TPSA) is 95.9 Å². The zero-order chi connectivity index (χ0) is 24.3. The van der Waals surface area contributed by atoms with Crippen LogP contribution in [0.5, 0.6) is 0 Å². The molecule has 0 radical (unpaired) electrons. The van der Waals surface area contributed by atoms with Crippen LogP contribution in [0.1, 0.15) is 56.6 Å². The number of ether oxygens (including phenoxy) is 1. The first-order valence-electron chi connectivity index (χ1n) is 11.9. The molecule has 2 amide bonds. The zero-order valence-electron chi connectivity index (χ0n) is 19.8. The molecule has 1 unspecified atom stereocenters. The van der Waals surface area contributed by atoms with Gasteiger partial charge in [0.1, 0.15) is 6.61 Å². The van der Waals surface area contributed by atoms with E-state index in [1.54, 1.807) is 18.7 Å². The van der Waals surface area contributed by atoms with Crippen LogP contribution in [0.2, 0.25) is 0 Å². The largest absolute Gasteiger partial charge is 0.481 e. The fraction of sp³-hybridized carbons (Fsp3) is 0.444. The van der Waals surface area contributed by atoms with Gasteiger partial charge in [0, 0.05) is 25.0 Å². The number of aliphatic carboxylic acids is 1. The molecule has 2 aromatic carbocycles. The fourth-order valence-corrected chi connectivity index (χ4v) is 5.09. The average Bonchev–Trinajstić information content (AvgIpc) is 3.15. The number of carboxylic acids is 1. The lowest BCUT2D eigenvalue weighted by molar-refractivity contribution is -0.147. The molecule has 2 aromatic rings. The second-order valence-electron chi connectivity index (χ2n) is 9.81. The van der Waals surface area contributed by atoms with Crippen molar-refractivity contribution in [2.45, 2.75) is 51.5 Å². The number of piperidine rings is 1. The van der Waals surface area contributed by atoms with Crippen molar-refractivity contribution >= 4 is 18.0 Å². The maximum atomic E-state index is 13.2. The van der Waals surface area contributed by atoms with Crippen LogP contribution in [0.25, 0.3) is 11.1 Å². The number of amides is 2. The van der Waals surface area contributed by atoms with Crippen LogP contribution in [-0.2, 0) is 14.3 Å². The smallest absolute Gasteiger partial charge is 0.407 e. The van der Waals surface area contributed by atoms with E-state index in [0.29, 0.717) is 13.0 Å². The van der Waals surface area contributed by atoms with Crippen LogP contribution >= 0.6 is 0 Å². The number of likely N-dealkylation sites (tertiary alicyclic amines) is 1. The molecule has 1 saturated heterocycles. The van der Waals surface area contributed by atoms with Crippen LogP contribution < -0.4 is 5.32 Å². The summed E-state index contributed by atoms with van der Waals surface area (Å²) in [5.41, 5.74) is 3.73. The summed E-state index contributed by atoms with van der Waals surface area (Å²) in [7, 11) is 0. The van der Waals surface area contributed by atoms with Gasteiger partial charge in [0.05, 0.1) is 11.8 Å². The minimum Gasteiger partial charge on any atom is -0.481 e. The SMILES string of the molecule is CC(C)(CNC(=O)OCC1c2ccccc2-c2ccccc21)C(=O)N1CCCCC1CC(=O)O. The summed E-state index contributed by atoms with van der Waals surface area (Å²) in [6, 6.07) is 16.0. The maximum Gasteiger partial charge on any atom is 0.407 e. The van der Waals surface area contributed by atoms with E-state index < -0.39 is 17.5 Å². The van der Waals surface area contributed by atoms with Crippen LogP contribution in [0.15, 0.2) is 48.5 Å². The second kappa shape index (κ2) is 9.87. The third-order valence-corrected chi connectivity index (χ3v) is 6.90. The van der Waals surface area contributed by atoms with E-state index in [0.717, 1.165) is 35.1 Å². The number of rotatable bonds is 7. The minimum atomic E-state index is -0.903. The summed E-state index contributed by atoms with van der Waals surface area (Å²) in [6.45, 7) is 4.40. The van der Waals surface area contributed by atoms with E-state index in [-0.39, 0.29) is 37.4 Å². The standard InChI is InChI=1S/C27H32N2O5/c1-27(2,25(32)29-14-8-7-9-18(29)15-24(30)31)17-28-26(33)34-16-23-21-12-5-3-10-19(21)20-11-4-6-13-22(20)23/h3-6,10-13,18,23H,7-9,14-17H2,1-2H3,(H,28,33)(H,30,31). The molecule has 0 bridgehead atoms. The molecule has 34 heavy (non-hydrogen) atoms. The molecule has 0 spiro atoms. The number of carboxylic acid groups (broad SMARTS) is 1. The Morgan fingerprint density at radius 1 is 1.03 bits per heavy atom. The first-order chi connectivity index (χ1) is 16.3. The highest BCUT2D eigenvalue weighted by atomic mass is 16.5. The number of nitrogens with one attached hydrogen (secondary N) is 1. The highest BCUT2D eigenvalue weighted by Gasteiger charge is 2.38. The summed E-state index contributed by atoms with van der Waals surface area (Å²) < 4.78 is 5.58. The van der Waals surface area contributed by atoms with Crippen molar-refractivity contribution in [2.24, 2.45) is 5.41 Å². The predicted octanol–water partition coefficient (Wildman–Crippen LogP) is 4.41. The van der Waals surface area contributed by atoms with Gasteiger partial charge in [-0.15, -0.1) is 0 Å². The van der Waals surface area contributed by atoms with Gasteiger partial charge in [-0.1, -0.05) is 48.5 Å². The molecule has 1 fully saturated rings. The van der Waals surface area contributed by atoms with E-state index in [2.05, 4.69) is 29.6 Å². The van der Waals surface area contributed by atoms with Gasteiger partial charge in [-0.3, -0.25) is 9.59 Å². The van der Waals surface area contributed by atoms with Crippen LogP contribution in [0.3, 0.4) is 0 Å². The highest BCUT2D eigenvalue weighted by molar-refractivity contribution is 5.84. The Morgan fingerprint density at radius 2 is 1.65 bits per heavy atom. The zero-order valence-corrected chi connectivity index (χ0v) is 19.8. The molecule has 4 rings (SSSR count). The molecule has 1 atom stereocenters. The number of fused-ring (bicyclic) bond motifs is 3. The minimum absolute atomic E-state index is 0.0297. The maximum absolute atomic E-state index is 13.2. The third-order valence-electron chi connectivity index (χ3n) is 6.90. The molecule has 1 aliphatic heterocycles. The second-order valence-corrected chi connectivity index (χ2v) is 9.81. The monoisotopic (exact) mass is 464 g/mol. The van der Waals surface area contributed by atoms with E-state index in [4.69, 9.17) is 4.74 Å². The van der Waals surface area contributed by atoms with Gasteiger partial charge >= 0.3 is 12.1 Å². The van der Waals surface area contributed by atoms with Crippen molar-refractivity contribution in [3.05, 3.63) is 59.7 Å². The molecule has 180 valence electrons. The number of hydrogen-bond acceptors (Lipinski definition) is 4. The molecule has 7 nitrogen and oxygen atoms in total. The van der Waals surface area contributed by atoms with Gasteiger partial charge in [-0.05, 0) is 55.4 Å². The molecule has 1 heterocycles. The lowest BCUT2D eigenvalue weighted by Gasteiger charge is -2.39. The predicted molar refractivity (Wildman–Crippen MR) is 128 cm³/mol. The Hall–Kier alpha value is -3.35. The first-order valence-corrected chi connectivity index (χ1v) is 11.9. The van der Waals surface area contributed by atoms with Crippen LogP contribution in [-0.4, -0.2) is 53.7 Å². The van der Waals surface area contributed by atoms with Gasteiger partial charge < -0.3 is 20.1 Å². The molecule has 0 saturated carbocycles. The third kappa shape index (κ3) is 4.93. The molecular weight excluding hydrogens is 432 g/mol. The summed E-state index contributed by atoms with van der Waals surface area (Å²) in [5.74, 6) is -1.07. The molecule has 1 aliphatic carbocycles. The van der Waals surface area contributed by atoms with E-state index >= 15 is 0 Å². The van der Waals surface area contributed by atoms with E-state index in [1.165, 1.54) is 0 Å². The Morgan fingerprint density at radius 3 is 2.26 bits per heavy atom. The molecular formula is C27H32N2O5. The van der Waals surface area contributed by atoms with Crippen molar-refractivity contribution < 1.29 is 24.2 Å². The van der Waals surface area contributed by atoms with Crippen molar-refractivity contribution in [2.75, 3.05) is 19.7 Å². The molecule has 7 heteroatoms. The van der Waals surface area contributed by atoms with Gasteiger partial charge in [-0.25, -0.2) is 4.79 Å². The first kappa shape index (κ1) is 23.8. The van der Waals surface area contributed by atoms with Crippen molar-refractivity contribution in [1.29, 1.82) is 0 Å². The molecule has 0 aromatic heterocycles. The number of alkyl carbamates (subject to hydrolysis) is 1. The number of hydrogen-bond donors (Lipinski definition) is 2.